The van der Waals surface area contributed by atoms with Gasteiger partial charge in [0.15, 0.2) is 6.17 Å². The van der Waals surface area contributed by atoms with Gasteiger partial charge in [0.2, 0.25) is 0 Å². The number of para-hydroxylation sites is 1. The lowest BCUT2D eigenvalue weighted by Crippen LogP contribution is -2.36. The summed E-state index contributed by atoms with van der Waals surface area (Å²) in [5.41, 5.74) is 6.93. The van der Waals surface area contributed by atoms with E-state index in [0.717, 1.165) is 61.4 Å². The molecule has 0 fully saturated rings. The molecule has 0 saturated carbocycles. The van der Waals surface area contributed by atoms with Crippen LogP contribution < -0.4 is 5.32 Å². The predicted octanol–water partition coefficient (Wildman–Crippen LogP) is 8.90. The Kier molecular flexibility index (Phi) is 5.49. The van der Waals surface area contributed by atoms with E-state index < -0.39 is 6.17 Å². The van der Waals surface area contributed by atoms with E-state index in [1.165, 1.54) is 10.8 Å². The molecule has 4 nitrogen and oxygen atoms in total. The van der Waals surface area contributed by atoms with Crippen molar-refractivity contribution in [1.29, 1.82) is 0 Å². The van der Waals surface area contributed by atoms with E-state index in [2.05, 4.69) is 96.3 Å². The van der Waals surface area contributed by atoms with Crippen LogP contribution in [0.5, 0.6) is 0 Å². The van der Waals surface area contributed by atoms with Gasteiger partial charge in [-0.15, -0.1) is 0 Å². The lowest BCUT2D eigenvalue weighted by molar-refractivity contribution is 0.668. The molecule has 1 N–H and O–H groups in total. The summed E-state index contributed by atoms with van der Waals surface area (Å²) in [4.78, 5) is 10.4. The van der Waals surface area contributed by atoms with E-state index in [1.807, 2.05) is 48.5 Å². The van der Waals surface area contributed by atoms with Crippen molar-refractivity contribution in [1.82, 2.24) is 5.32 Å². The van der Waals surface area contributed by atoms with Crippen LogP contribution in [-0.2, 0) is 0 Å². The summed E-state index contributed by atoms with van der Waals surface area (Å²) in [5, 5.41) is 8.03. The van der Waals surface area contributed by atoms with E-state index >= 15 is 0 Å². The van der Waals surface area contributed by atoms with Gasteiger partial charge in [-0.3, -0.25) is 0 Å². The largest absolute Gasteiger partial charge is 0.456 e. The number of rotatable bonds is 4. The van der Waals surface area contributed by atoms with Crippen molar-refractivity contribution in [3.8, 4) is 11.1 Å². The molecule has 41 heavy (non-hydrogen) atoms. The van der Waals surface area contributed by atoms with Gasteiger partial charge in [0.25, 0.3) is 0 Å². The van der Waals surface area contributed by atoms with Crippen LogP contribution in [0.3, 0.4) is 0 Å². The molecule has 2 heterocycles. The molecule has 0 atom stereocenters. The first-order chi connectivity index (χ1) is 20.3. The molecule has 0 aliphatic carbocycles. The fourth-order valence-electron chi connectivity index (χ4n) is 5.70. The molecule has 0 spiro atoms. The zero-order valence-electron chi connectivity index (χ0n) is 22.2. The number of furan rings is 1. The van der Waals surface area contributed by atoms with E-state index in [9.17, 15) is 0 Å². The quantitative estimate of drug-likeness (QED) is 0.248. The third-order valence-electron chi connectivity index (χ3n) is 7.70. The van der Waals surface area contributed by atoms with Crippen LogP contribution in [0, 0.1) is 0 Å². The maximum atomic E-state index is 6.44. The van der Waals surface area contributed by atoms with Crippen molar-refractivity contribution in [3.05, 3.63) is 156 Å². The molecule has 1 aliphatic rings. The Bertz CT molecular complexity index is 2070. The first kappa shape index (κ1) is 23.4. The predicted molar refractivity (Wildman–Crippen MR) is 168 cm³/mol. The minimum Gasteiger partial charge on any atom is -0.456 e. The summed E-state index contributed by atoms with van der Waals surface area (Å²) in [6, 6.07) is 48.1. The van der Waals surface area contributed by atoms with Crippen LogP contribution in [-0.4, -0.2) is 11.7 Å². The van der Waals surface area contributed by atoms with Gasteiger partial charge in [-0.25, -0.2) is 9.98 Å². The topological polar surface area (TPSA) is 49.9 Å². The minimum absolute atomic E-state index is 0.467. The standard InChI is InChI=1S/C37H25N3O/c1-3-12-25(13-4-1)35-38-36(26-14-5-2-6-15-26)40-37(39-35)31-22-29(28-20-19-24-11-7-8-16-27(24)21-28)23-33-34(31)30-17-9-10-18-32(30)41-33/h1-23,37H,(H,38,39,40). The lowest BCUT2D eigenvalue weighted by atomic mass is 9.95. The van der Waals surface area contributed by atoms with Crippen molar-refractivity contribution >= 4 is 44.4 Å². The lowest BCUT2D eigenvalue weighted by Gasteiger charge is -2.23. The highest BCUT2D eigenvalue weighted by molar-refractivity contribution is 6.16. The second-order valence-corrected chi connectivity index (χ2v) is 10.3. The molecule has 1 aliphatic heterocycles. The number of amidine groups is 2. The molecule has 0 amide bonds. The summed E-state index contributed by atoms with van der Waals surface area (Å²) in [7, 11) is 0. The van der Waals surface area contributed by atoms with Crippen molar-refractivity contribution in [3.63, 3.8) is 0 Å². The molecule has 7 aromatic rings. The monoisotopic (exact) mass is 527 g/mol. The Hall–Kier alpha value is -5.48. The Morgan fingerprint density at radius 3 is 1.85 bits per heavy atom. The third kappa shape index (κ3) is 4.17. The molecule has 6 aromatic carbocycles. The molecule has 8 rings (SSSR count). The van der Waals surface area contributed by atoms with Gasteiger partial charge in [0.1, 0.15) is 22.8 Å². The summed E-state index contributed by atoms with van der Waals surface area (Å²) >= 11 is 0. The van der Waals surface area contributed by atoms with Gasteiger partial charge >= 0.3 is 0 Å². The van der Waals surface area contributed by atoms with Gasteiger partial charge in [0.05, 0.1) is 0 Å². The van der Waals surface area contributed by atoms with Crippen LogP contribution in [0.4, 0.5) is 0 Å². The molecule has 0 unspecified atom stereocenters. The average molecular weight is 528 g/mol. The van der Waals surface area contributed by atoms with Crippen molar-refractivity contribution < 1.29 is 4.42 Å². The van der Waals surface area contributed by atoms with Gasteiger partial charge in [-0.1, -0.05) is 115 Å². The summed E-state index contributed by atoms with van der Waals surface area (Å²) in [6.07, 6.45) is -0.467. The maximum absolute atomic E-state index is 6.44. The highest BCUT2D eigenvalue weighted by Gasteiger charge is 2.25. The fourth-order valence-corrected chi connectivity index (χ4v) is 5.70. The van der Waals surface area contributed by atoms with Crippen LogP contribution in [0.2, 0.25) is 0 Å². The molecule has 1 aromatic heterocycles. The van der Waals surface area contributed by atoms with Crippen molar-refractivity contribution in [2.24, 2.45) is 9.98 Å². The molecular formula is C37H25N3O. The number of nitrogens with one attached hydrogen (secondary N) is 1. The molecule has 0 saturated heterocycles. The fraction of sp³-hybridized carbons (Fsp3) is 0.0270. The summed E-state index contributed by atoms with van der Waals surface area (Å²) in [6.45, 7) is 0. The van der Waals surface area contributed by atoms with E-state index in [-0.39, 0.29) is 0 Å². The Morgan fingerprint density at radius 1 is 0.488 bits per heavy atom. The number of nitrogens with zero attached hydrogens (tertiary/aromatic N) is 2. The smallest absolute Gasteiger partial charge is 0.170 e. The van der Waals surface area contributed by atoms with E-state index in [4.69, 9.17) is 14.4 Å². The zero-order valence-corrected chi connectivity index (χ0v) is 22.2. The van der Waals surface area contributed by atoms with Crippen LogP contribution >= 0.6 is 0 Å². The summed E-state index contributed by atoms with van der Waals surface area (Å²) in [5.74, 6) is 1.59. The SMILES string of the molecule is c1ccc(C2=NC(c3cc(-c4ccc5ccccc5c4)cc4oc5ccccc5c34)N=C(c3ccccc3)N2)cc1. The normalized spacial score (nSPS) is 13.8. The van der Waals surface area contributed by atoms with Gasteiger partial charge in [-0.2, -0.15) is 0 Å². The Labute approximate surface area is 237 Å². The highest BCUT2D eigenvalue weighted by Crippen LogP contribution is 2.40. The van der Waals surface area contributed by atoms with Crippen LogP contribution in [0.25, 0.3) is 43.8 Å². The maximum Gasteiger partial charge on any atom is 0.170 e. The van der Waals surface area contributed by atoms with Crippen molar-refractivity contribution in [2.75, 3.05) is 0 Å². The third-order valence-corrected chi connectivity index (χ3v) is 7.70. The van der Waals surface area contributed by atoms with Gasteiger partial charge < -0.3 is 9.73 Å². The minimum atomic E-state index is -0.467. The Balaban J connectivity index is 1.39. The van der Waals surface area contributed by atoms with E-state index in [0.29, 0.717) is 0 Å². The molecule has 194 valence electrons. The number of benzene rings is 6. The highest BCUT2D eigenvalue weighted by atomic mass is 16.3. The number of hydrogen-bond donors (Lipinski definition) is 1. The average Bonchev–Trinajstić information content (AvgIpc) is 3.43. The second-order valence-electron chi connectivity index (χ2n) is 10.3. The zero-order chi connectivity index (χ0) is 27.2. The Morgan fingerprint density at radius 2 is 1.12 bits per heavy atom. The van der Waals surface area contributed by atoms with Gasteiger partial charge in [0, 0.05) is 27.5 Å². The first-order valence-electron chi connectivity index (χ1n) is 13.8. The van der Waals surface area contributed by atoms with Crippen LogP contribution in [0.1, 0.15) is 22.9 Å². The summed E-state index contributed by atoms with van der Waals surface area (Å²) < 4.78 is 6.44. The molecule has 0 bridgehead atoms. The molecule has 4 heteroatoms. The number of hydrogen-bond acceptors (Lipinski definition) is 4. The second kappa shape index (κ2) is 9.61. The number of aliphatic imine (C=N–C) groups is 2. The van der Waals surface area contributed by atoms with E-state index in [1.54, 1.807) is 0 Å². The molecular weight excluding hydrogens is 502 g/mol. The molecule has 0 radical (unpaired) electrons. The number of fused-ring (bicyclic) bond motifs is 4. The van der Waals surface area contributed by atoms with Gasteiger partial charge in [-0.05, 0) is 46.2 Å². The first-order valence-corrected chi connectivity index (χ1v) is 13.8. The van der Waals surface area contributed by atoms with Crippen LogP contribution in [0.15, 0.2) is 154 Å². The van der Waals surface area contributed by atoms with Crippen molar-refractivity contribution in [2.45, 2.75) is 6.17 Å².